The van der Waals surface area contributed by atoms with Crippen LogP contribution in [0.3, 0.4) is 0 Å². The molecular formula is C21H22BrN. The van der Waals surface area contributed by atoms with Crippen molar-refractivity contribution in [3.8, 4) is 0 Å². The molecule has 0 amide bonds. The number of hydrogen-bond donors (Lipinski definition) is 1. The number of nitrogens with one attached hydrogen (secondary N) is 1. The largest absolute Gasteiger partial charge is 0.304 e. The summed E-state index contributed by atoms with van der Waals surface area (Å²) in [5.74, 6) is 0.784. The molecule has 0 aromatic heterocycles. The molecule has 0 atom stereocenters. The number of fused-ring (bicyclic) bond motifs is 1. The van der Waals surface area contributed by atoms with Gasteiger partial charge in [-0.2, -0.15) is 0 Å². The highest BCUT2D eigenvalue weighted by atomic mass is 79.9. The summed E-state index contributed by atoms with van der Waals surface area (Å²) < 4.78 is 1.09. The van der Waals surface area contributed by atoms with E-state index in [1.807, 2.05) is 0 Å². The summed E-state index contributed by atoms with van der Waals surface area (Å²) >= 11 is 3.55. The van der Waals surface area contributed by atoms with Gasteiger partial charge >= 0.3 is 0 Å². The molecule has 2 aliphatic carbocycles. The van der Waals surface area contributed by atoms with Crippen molar-refractivity contribution in [1.29, 1.82) is 5.41 Å². The molecular weight excluding hydrogens is 346 g/mol. The average Bonchev–Trinajstić information content (AvgIpc) is 2.83. The van der Waals surface area contributed by atoms with E-state index in [1.54, 1.807) is 0 Å². The standard InChI is InChI=1S/C21H22BrN/c22-18-7-6-17-14-21(20(23)19(17)13-18)10-8-16(9-11-21)12-15-4-2-1-3-5-15/h1-7,13,16,23H,8-12,14H2. The molecule has 0 aliphatic heterocycles. The Bertz CT molecular complexity index is 727. The van der Waals surface area contributed by atoms with Crippen LogP contribution in [0, 0.1) is 16.7 Å². The Morgan fingerprint density at radius 2 is 1.78 bits per heavy atom. The summed E-state index contributed by atoms with van der Waals surface area (Å²) in [4.78, 5) is 0. The van der Waals surface area contributed by atoms with Crippen LogP contribution in [0.15, 0.2) is 53.0 Å². The summed E-state index contributed by atoms with van der Waals surface area (Å²) in [6.07, 6.45) is 7.14. The quantitative estimate of drug-likeness (QED) is 0.694. The highest BCUT2D eigenvalue weighted by molar-refractivity contribution is 9.10. The van der Waals surface area contributed by atoms with Crippen LogP contribution in [-0.2, 0) is 12.8 Å². The topological polar surface area (TPSA) is 23.9 Å². The average molecular weight is 368 g/mol. The van der Waals surface area contributed by atoms with Crippen LogP contribution in [0.2, 0.25) is 0 Å². The van der Waals surface area contributed by atoms with Gasteiger partial charge in [-0.3, -0.25) is 0 Å². The van der Waals surface area contributed by atoms with E-state index in [0.29, 0.717) is 0 Å². The van der Waals surface area contributed by atoms with Crippen LogP contribution >= 0.6 is 15.9 Å². The number of benzene rings is 2. The highest BCUT2D eigenvalue weighted by Gasteiger charge is 2.44. The molecule has 0 heterocycles. The molecule has 1 spiro atoms. The van der Waals surface area contributed by atoms with Crippen molar-refractivity contribution in [3.63, 3.8) is 0 Å². The third-order valence-electron chi connectivity index (χ3n) is 5.83. The van der Waals surface area contributed by atoms with Gasteiger partial charge in [0.15, 0.2) is 0 Å². The van der Waals surface area contributed by atoms with E-state index >= 15 is 0 Å². The van der Waals surface area contributed by atoms with E-state index in [-0.39, 0.29) is 5.41 Å². The summed E-state index contributed by atoms with van der Waals surface area (Å²) in [6, 6.07) is 17.3. The van der Waals surface area contributed by atoms with E-state index in [4.69, 9.17) is 5.41 Å². The lowest BCUT2D eigenvalue weighted by Gasteiger charge is -2.37. The maximum absolute atomic E-state index is 8.74. The first-order chi connectivity index (χ1) is 11.2. The van der Waals surface area contributed by atoms with Gasteiger partial charge in [-0.25, -0.2) is 0 Å². The van der Waals surface area contributed by atoms with Crippen molar-refractivity contribution in [2.45, 2.75) is 38.5 Å². The summed E-state index contributed by atoms with van der Waals surface area (Å²) in [6.45, 7) is 0. The second kappa shape index (κ2) is 5.90. The normalized spacial score (nSPS) is 26.5. The second-order valence-corrected chi connectivity index (χ2v) is 8.18. The molecule has 2 aromatic carbocycles. The summed E-state index contributed by atoms with van der Waals surface area (Å²) in [5, 5.41) is 8.74. The molecule has 2 heteroatoms. The lowest BCUT2D eigenvalue weighted by Crippen LogP contribution is -2.33. The minimum absolute atomic E-state index is 0.121. The molecule has 2 aromatic rings. The van der Waals surface area contributed by atoms with Gasteiger partial charge < -0.3 is 5.41 Å². The molecule has 23 heavy (non-hydrogen) atoms. The van der Waals surface area contributed by atoms with Crippen LogP contribution in [0.1, 0.15) is 42.4 Å². The highest BCUT2D eigenvalue weighted by Crippen LogP contribution is 2.49. The van der Waals surface area contributed by atoms with Gasteiger partial charge in [-0.15, -0.1) is 0 Å². The van der Waals surface area contributed by atoms with Gasteiger partial charge in [0.2, 0.25) is 0 Å². The Kier molecular flexibility index (Phi) is 3.88. The molecule has 0 saturated heterocycles. The minimum Gasteiger partial charge on any atom is -0.304 e. The van der Waals surface area contributed by atoms with Crippen molar-refractivity contribution in [3.05, 3.63) is 69.7 Å². The monoisotopic (exact) mass is 367 g/mol. The van der Waals surface area contributed by atoms with Gasteiger partial charge in [0.25, 0.3) is 0 Å². The Labute approximate surface area is 146 Å². The Morgan fingerprint density at radius 1 is 1.04 bits per heavy atom. The minimum atomic E-state index is 0.121. The van der Waals surface area contributed by atoms with Crippen molar-refractivity contribution in [1.82, 2.24) is 0 Å². The summed E-state index contributed by atoms with van der Waals surface area (Å²) in [7, 11) is 0. The SMILES string of the molecule is N=C1c2cc(Br)ccc2CC12CCC(Cc1ccccc1)CC2. The molecule has 2 aliphatic rings. The first-order valence-corrected chi connectivity index (χ1v) is 9.37. The predicted octanol–water partition coefficient (Wildman–Crippen LogP) is 5.79. The molecule has 1 fully saturated rings. The van der Waals surface area contributed by atoms with Crippen LogP contribution in [0.5, 0.6) is 0 Å². The van der Waals surface area contributed by atoms with Gasteiger partial charge in [-0.1, -0.05) is 52.3 Å². The third kappa shape index (κ3) is 2.78. The lowest BCUT2D eigenvalue weighted by atomic mass is 9.67. The van der Waals surface area contributed by atoms with Gasteiger partial charge in [0.05, 0.1) is 0 Å². The van der Waals surface area contributed by atoms with Crippen LogP contribution in [0.25, 0.3) is 0 Å². The van der Waals surface area contributed by atoms with Crippen molar-refractivity contribution in [2.24, 2.45) is 11.3 Å². The second-order valence-electron chi connectivity index (χ2n) is 7.27. The van der Waals surface area contributed by atoms with Gasteiger partial charge in [-0.05, 0) is 67.7 Å². The first-order valence-electron chi connectivity index (χ1n) is 8.58. The predicted molar refractivity (Wildman–Crippen MR) is 99.2 cm³/mol. The maximum atomic E-state index is 8.74. The van der Waals surface area contributed by atoms with E-state index in [2.05, 4.69) is 64.5 Å². The molecule has 1 saturated carbocycles. The van der Waals surface area contributed by atoms with Crippen molar-refractivity contribution < 1.29 is 0 Å². The molecule has 1 nitrogen and oxygen atoms in total. The zero-order valence-electron chi connectivity index (χ0n) is 13.3. The fourth-order valence-corrected chi connectivity index (χ4v) is 4.84. The number of halogens is 1. The number of rotatable bonds is 2. The fraction of sp³-hybridized carbons (Fsp3) is 0.381. The zero-order valence-corrected chi connectivity index (χ0v) is 14.9. The Hall–Kier alpha value is -1.41. The van der Waals surface area contributed by atoms with E-state index in [9.17, 15) is 0 Å². The van der Waals surface area contributed by atoms with Gasteiger partial charge in [0.1, 0.15) is 0 Å². The first kappa shape index (κ1) is 15.1. The van der Waals surface area contributed by atoms with E-state index in [1.165, 1.54) is 48.8 Å². The molecule has 1 N–H and O–H groups in total. The smallest absolute Gasteiger partial charge is 0.0454 e. The summed E-state index contributed by atoms with van der Waals surface area (Å²) in [5.41, 5.74) is 5.03. The molecule has 0 bridgehead atoms. The molecule has 0 unspecified atom stereocenters. The van der Waals surface area contributed by atoms with Crippen LogP contribution in [-0.4, -0.2) is 5.71 Å². The zero-order chi connectivity index (χ0) is 15.9. The van der Waals surface area contributed by atoms with Crippen LogP contribution in [0.4, 0.5) is 0 Å². The van der Waals surface area contributed by atoms with E-state index < -0.39 is 0 Å². The lowest BCUT2D eigenvalue weighted by molar-refractivity contribution is 0.225. The van der Waals surface area contributed by atoms with Crippen molar-refractivity contribution in [2.75, 3.05) is 0 Å². The maximum Gasteiger partial charge on any atom is 0.0454 e. The van der Waals surface area contributed by atoms with Crippen molar-refractivity contribution >= 4 is 21.6 Å². The van der Waals surface area contributed by atoms with E-state index in [0.717, 1.165) is 22.5 Å². The Morgan fingerprint density at radius 3 is 2.52 bits per heavy atom. The van der Waals surface area contributed by atoms with Crippen LogP contribution < -0.4 is 0 Å². The van der Waals surface area contributed by atoms with Gasteiger partial charge in [0, 0.05) is 21.2 Å². The fourth-order valence-electron chi connectivity index (χ4n) is 4.48. The Balaban J connectivity index is 1.47. The number of hydrogen-bond acceptors (Lipinski definition) is 1. The molecule has 118 valence electrons. The third-order valence-corrected chi connectivity index (χ3v) is 6.32. The molecule has 0 radical (unpaired) electrons. The molecule has 4 rings (SSSR count).